The molecule has 0 spiro atoms. The second-order valence-electron chi connectivity index (χ2n) is 7.61. The summed E-state index contributed by atoms with van der Waals surface area (Å²) in [5.74, 6) is -1.69. The van der Waals surface area contributed by atoms with Crippen molar-refractivity contribution in [3.8, 4) is 0 Å². The normalized spacial score (nSPS) is 15.2. The molecule has 2 aromatic carbocycles. The van der Waals surface area contributed by atoms with Crippen LogP contribution in [-0.2, 0) is 11.2 Å². The van der Waals surface area contributed by atoms with Crippen molar-refractivity contribution in [3.05, 3.63) is 70.7 Å². The van der Waals surface area contributed by atoms with Crippen LogP contribution in [0.15, 0.2) is 47.1 Å². The topological polar surface area (TPSA) is 44.7 Å². The lowest BCUT2D eigenvalue weighted by atomic mass is 10.1. The van der Waals surface area contributed by atoms with Crippen molar-refractivity contribution >= 4 is 24.0 Å². The Hall–Kier alpha value is -3.09. The highest BCUT2D eigenvalue weighted by atomic mass is 19.2. The summed E-state index contributed by atoms with van der Waals surface area (Å²) in [4.78, 5) is 17.4. The van der Waals surface area contributed by atoms with E-state index in [1.807, 2.05) is 6.07 Å². The Morgan fingerprint density at radius 2 is 1.81 bits per heavy atom. The summed E-state index contributed by atoms with van der Waals surface area (Å²) in [6, 6.07) is 8.81. The molecule has 0 bridgehead atoms. The molecule has 3 rings (SSSR count). The highest BCUT2D eigenvalue weighted by Gasteiger charge is 2.14. The Kier molecular flexibility index (Phi) is 7.87. The second-order valence-corrected chi connectivity index (χ2v) is 7.61. The van der Waals surface area contributed by atoms with Crippen LogP contribution in [0.4, 0.5) is 18.9 Å². The number of amides is 1. The number of amidine groups is 1. The van der Waals surface area contributed by atoms with E-state index in [1.54, 1.807) is 19.1 Å². The molecule has 4 nitrogen and oxygen atoms in total. The molecule has 0 radical (unpaired) electrons. The van der Waals surface area contributed by atoms with Crippen molar-refractivity contribution in [1.82, 2.24) is 5.32 Å². The van der Waals surface area contributed by atoms with E-state index in [-0.39, 0.29) is 5.82 Å². The minimum Gasteiger partial charge on any atom is -0.369 e. The number of halogens is 3. The average Bonchev–Trinajstić information content (AvgIpc) is 2.75. The van der Waals surface area contributed by atoms with Gasteiger partial charge in [-0.05, 0) is 74.1 Å². The van der Waals surface area contributed by atoms with E-state index in [4.69, 9.17) is 0 Å². The predicted molar refractivity (Wildman–Crippen MR) is 117 cm³/mol. The van der Waals surface area contributed by atoms with Gasteiger partial charge in [0.1, 0.15) is 11.7 Å². The molecule has 7 heteroatoms. The first-order chi connectivity index (χ1) is 15.0. The number of nitrogens with one attached hydrogen (secondary N) is 1. The summed E-state index contributed by atoms with van der Waals surface area (Å²) in [7, 11) is 0. The first kappa shape index (κ1) is 22.6. The molecule has 1 N–H and O–H groups in total. The molecule has 0 unspecified atom stereocenters. The number of carbonyl (C=O) groups excluding carboxylic acids is 1. The van der Waals surface area contributed by atoms with Gasteiger partial charge in [-0.3, -0.25) is 4.79 Å². The summed E-state index contributed by atoms with van der Waals surface area (Å²) in [6.45, 7) is 3.49. The Morgan fingerprint density at radius 1 is 1.03 bits per heavy atom. The van der Waals surface area contributed by atoms with E-state index < -0.39 is 11.6 Å². The van der Waals surface area contributed by atoms with Crippen LogP contribution in [0.2, 0.25) is 0 Å². The van der Waals surface area contributed by atoms with Crippen molar-refractivity contribution in [2.24, 2.45) is 4.99 Å². The summed E-state index contributed by atoms with van der Waals surface area (Å²) in [5, 5.41) is 2.54. The summed E-state index contributed by atoms with van der Waals surface area (Å²) < 4.78 is 41.0. The Balaban J connectivity index is 1.70. The molecule has 1 fully saturated rings. The number of benzene rings is 2. The van der Waals surface area contributed by atoms with Crippen LogP contribution in [0.25, 0.3) is 6.08 Å². The van der Waals surface area contributed by atoms with Crippen molar-refractivity contribution < 1.29 is 18.0 Å². The maximum atomic E-state index is 14.6. The number of aryl methyl sites for hydroxylation is 1. The van der Waals surface area contributed by atoms with E-state index in [1.165, 1.54) is 18.6 Å². The smallest absolute Gasteiger partial charge is 0.212 e. The van der Waals surface area contributed by atoms with E-state index in [2.05, 4.69) is 15.2 Å². The van der Waals surface area contributed by atoms with Crippen LogP contribution in [0, 0.1) is 17.5 Å². The van der Waals surface area contributed by atoms with Gasteiger partial charge >= 0.3 is 0 Å². The SMILES string of the molecule is C/C(=C/c1ccc(N2CCCCC2)c(F)c1)N=C(CCc1ccc(F)c(F)c1)NC=O. The molecule has 1 amide bonds. The summed E-state index contributed by atoms with van der Waals surface area (Å²) >= 11 is 0. The van der Waals surface area contributed by atoms with Crippen LogP contribution >= 0.6 is 0 Å². The molecule has 1 saturated heterocycles. The summed E-state index contributed by atoms with van der Waals surface area (Å²) in [5.41, 5.74) is 2.47. The van der Waals surface area contributed by atoms with Crippen LogP contribution in [0.3, 0.4) is 0 Å². The van der Waals surface area contributed by atoms with E-state index in [9.17, 15) is 18.0 Å². The van der Waals surface area contributed by atoms with Crippen molar-refractivity contribution in [1.29, 1.82) is 0 Å². The third-order valence-corrected chi connectivity index (χ3v) is 5.22. The van der Waals surface area contributed by atoms with Crippen LogP contribution in [-0.4, -0.2) is 25.3 Å². The van der Waals surface area contributed by atoms with Gasteiger partial charge in [0.15, 0.2) is 11.6 Å². The number of anilines is 1. The van der Waals surface area contributed by atoms with Gasteiger partial charge in [-0.25, -0.2) is 18.2 Å². The highest BCUT2D eigenvalue weighted by Crippen LogP contribution is 2.25. The van der Waals surface area contributed by atoms with Gasteiger partial charge in [0, 0.05) is 25.2 Å². The number of carbonyl (C=O) groups is 1. The molecular formula is C24H26F3N3O. The van der Waals surface area contributed by atoms with Crippen molar-refractivity contribution in [3.63, 3.8) is 0 Å². The molecule has 0 atom stereocenters. The van der Waals surface area contributed by atoms with E-state index >= 15 is 0 Å². The van der Waals surface area contributed by atoms with Crippen molar-refractivity contribution in [2.75, 3.05) is 18.0 Å². The van der Waals surface area contributed by atoms with Gasteiger partial charge in [0.2, 0.25) is 6.41 Å². The maximum Gasteiger partial charge on any atom is 0.212 e. The Labute approximate surface area is 180 Å². The van der Waals surface area contributed by atoms with Crippen LogP contribution in [0.5, 0.6) is 0 Å². The zero-order valence-electron chi connectivity index (χ0n) is 17.5. The predicted octanol–water partition coefficient (Wildman–Crippen LogP) is 5.23. The second kappa shape index (κ2) is 10.8. The number of hydrogen-bond acceptors (Lipinski definition) is 3. The number of nitrogens with zero attached hydrogens (tertiary/aromatic N) is 2. The highest BCUT2D eigenvalue weighted by molar-refractivity contribution is 5.91. The average molecular weight is 429 g/mol. The Bertz CT molecular complexity index is 982. The van der Waals surface area contributed by atoms with Gasteiger partial charge < -0.3 is 10.2 Å². The summed E-state index contributed by atoms with van der Waals surface area (Å²) in [6.07, 6.45) is 6.29. The molecule has 2 aromatic rings. The Morgan fingerprint density at radius 3 is 2.48 bits per heavy atom. The molecule has 1 aliphatic rings. The molecule has 0 aromatic heterocycles. The molecule has 31 heavy (non-hydrogen) atoms. The van der Waals surface area contributed by atoms with Crippen LogP contribution < -0.4 is 10.2 Å². The van der Waals surface area contributed by atoms with E-state index in [0.717, 1.165) is 38.1 Å². The van der Waals surface area contributed by atoms with Gasteiger partial charge in [-0.1, -0.05) is 12.1 Å². The zero-order chi connectivity index (χ0) is 22.2. The third kappa shape index (κ3) is 6.44. The molecule has 1 aliphatic heterocycles. The van der Waals surface area contributed by atoms with Gasteiger partial charge in [-0.2, -0.15) is 0 Å². The van der Waals surface area contributed by atoms with Crippen molar-refractivity contribution in [2.45, 2.75) is 39.0 Å². The standard InChI is InChI=1S/C24H26F3N3O/c1-17(13-19-6-9-23(22(27)15-19)30-11-3-2-4-12-30)29-24(28-16-31)10-7-18-5-8-20(25)21(26)14-18/h5-6,8-9,13-16H,2-4,7,10-12H2,1H3,(H,28,29,31)/b17-13-. The molecule has 164 valence electrons. The maximum absolute atomic E-state index is 14.6. The quantitative estimate of drug-likeness (QED) is 0.372. The van der Waals surface area contributed by atoms with Crippen LogP contribution in [0.1, 0.15) is 43.7 Å². The first-order valence-electron chi connectivity index (χ1n) is 10.4. The third-order valence-electron chi connectivity index (χ3n) is 5.22. The molecule has 0 aliphatic carbocycles. The number of piperidine rings is 1. The fourth-order valence-electron chi connectivity index (χ4n) is 3.68. The van der Waals surface area contributed by atoms with Gasteiger partial charge in [0.25, 0.3) is 0 Å². The minimum absolute atomic E-state index is 0.267. The lowest BCUT2D eigenvalue weighted by Gasteiger charge is -2.29. The number of allylic oxidation sites excluding steroid dienone is 1. The fraction of sp³-hybridized carbons (Fsp3) is 0.333. The fourth-order valence-corrected chi connectivity index (χ4v) is 3.68. The lowest BCUT2D eigenvalue weighted by Crippen LogP contribution is -2.30. The zero-order valence-corrected chi connectivity index (χ0v) is 17.5. The number of hydrogen-bond donors (Lipinski definition) is 1. The van der Waals surface area contributed by atoms with Gasteiger partial charge in [0.05, 0.1) is 5.69 Å². The molecule has 1 heterocycles. The number of aliphatic imine (C=N–C) groups is 1. The van der Waals surface area contributed by atoms with Gasteiger partial charge in [-0.15, -0.1) is 0 Å². The lowest BCUT2D eigenvalue weighted by molar-refractivity contribution is -0.108. The minimum atomic E-state index is -0.912. The largest absolute Gasteiger partial charge is 0.369 e. The molecular weight excluding hydrogens is 403 g/mol. The first-order valence-corrected chi connectivity index (χ1v) is 10.4. The monoisotopic (exact) mass is 429 g/mol. The van der Waals surface area contributed by atoms with E-state index in [0.29, 0.717) is 47.6 Å². The molecule has 0 saturated carbocycles. The number of rotatable bonds is 7.